The van der Waals surface area contributed by atoms with Gasteiger partial charge in [-0.3, -0.25) is 16.0 Å². The van der Waals surface area contributed by atoms with Crippen LogP contribution in [0.4, 0.5) is 0 Å². The fourth-order valence-corrected chi connectivity index (χ4v) is 1.41. The summed E-state index contributed by atoms with van der Waals surface area (Å²) in [6.45, 7) is 7.43. The SMILES string of the molecule is CCn1ncnc1CC(COC(C)C)NN. The van der Waals surface area contributed by atoms with Crippen LogP contribution in [-0.4, -0.2) is 33.5 Å². The van der Waals surface area contributed by atoms with Gasteiger partial charge < -0.3 is 4.74 Å². The standard InChI is InChI=1S/C10H21N5O/c1-4-15-10(12-7-13-15)5-9(14-11)6-16-8(2)3/h7-9,14H,4-6,11H2,1-3H3. The van der Waals surface area contributed by atoms with Crippen LogP contribution in [0.2, 0.25) is 0 Å². The van der Waals surface area contributed by atoms with Crippen LogP contribution in [-0.2, 0) is 17.7 Å². The maximum absolute atomic E-state index is 5.52. The molecule has 0 amide bonds. The molecule has 3 N–H and O–H groups in total. The normalized spacial score (nSPS) is 13.3. The lowest BCUT2D eigenvalue weighted by Gasteiger charge is -2.17. The lowest BCUT2D eigenvalue weighted by atomic mass is 10.2. The summed E-state index contributed by atoms with van der Waals surface area (Å²) < 4.78 is 7.38. The number of hydrogen-bond acceptors (Lipinski definition) is 5. The number of nitrogens with one attached hydrogen (secondary N) is 1. The van der Waals surface area contributed by atoms with Crippen LogP contribution in [0.15, 0.2) is 6.33 Å². The van der Waals surface area contributed by atoms with E-state index in [0.717, 1.165) is 18.8 Å². The second-order valence-corrected chi connectivity index (χ2v) is 3.94. The lowest BCUT2D eigenvalue weighted by Crippen LogP contribution is -2.41. The summed E-state index contributed by atoms with van der Waals surface area (Å²) in [5.74, 6) is 6.41. The number of aryl methyl sites for hydroxylation is 1. The number of ether oxygens (including phenoxy) is 1. The molecule has 92 valence electrons. The van der Waals surface area contributed by atoms with Crippen molar-refractivity contribution in [3.05, 3.63) is 12.2 Å². The van der Waals surface area contributed by atoms with E-state index in [0.29, 0.717) is 6.61 Å². The van der Waals surface area contributed by atoms with Gasteiger partial charge in [0.15, 0.2) is 0 Å². The number of hydrazine groups is 1. The van der Waals surface area contributed by atoms with Crippen LogP contribution in [0.3, 0.4) is 0 Å². The van der Waals surface area contributed by atoms with E-state index in [1.165, 1.54) is 0 Å². The predicted molar refractivity (Wildman–Crippen MR) is 61.6 cm³/mol. The van der Waals surface area contributed by atoms with Gasteiger partial charge >= 0.3 is 0 Å². The van der Waals surface area contributed by atoms with E-state index < -0.39 is 0 Å². The fourth-order valence-electron chi connectivity index (χ4n) is 1.41. The van der Waals surface area contributed by atoms with E-state index in [4.69, 9.17) is 10.6 Å². The molecule has 0 aliphatic carbocycles. The van der Waals surface area contributed by atoms with E-state index in [2.05, 4.69) is 15.5 Å². The highest BCUT2D eigenvalue weighted by atomic mass is 16.5. The number of aromatic nitrogens is 3. The van der Waals surface area contributed by atoms with Crippen molar-refractivity contribution in [2.24, 2.45) is 5.84 Å². The maximum Gasteiger partial charge on any atom is 0.138 e. The molecule has 0 aromatic carbocycles. The highest BCUT2D eigenvalue weighted by molar-refractivity contribution is 4.89. The van der Waals surface area contributed by atoms with Crippen LogP contribution in [0.25, 0.3) is 0 Å². The van der Waals surface area contributed by atoms with Crippen molar-refractivity contribution in [2.45, 2.75) is 45.9 Å². The Labute approximate surface area is 96.2 Å². The molecule has 1 aromatic heterocycles. The van der Waals surface area contributed by atoms with Crippen molar-refractivity contribution >= 4 is 0 Å². The van der Waals surface area contributed by atoms with E-state index in [9.17, 15) is 0 Å². The summed E-state index contributed by atoms with van der Waals surface area (Å²) in [4.78, 5) is 4.20. The second kappa shape index (κ2) is 6.57. The summed E-state index contributed by atoms with van der Waals surface area (Å²) >= 11 is 0. The van der Waals surface area contributed by atoms with Crippen molar-refractivity contribution in [1.29, 1.82) is 0 Å². The van der Waals surface area contributed by atoms with Crippen molar-refractivity contribution in [3.63, 3.8) is 0 Å². The molecule has 1 rings (SSSR count). The summed E-state index contributed by atoms with van der Waals surface area (Å²) in [5, 5.41) is 4.11. The quantitative estimate of drug-likeness (QED) is 0.510. The first-order chi connectivity index (χ1) is 7.67. The van der Waals surface area contributed by atoms with Gasteiger partial charge in [0, 0.05) is 13.0 Å². The van der Waals surface area contributed by atoms with Gasteiger partial charge in [0.2, 0.25) is 0 Å². The molecular weight excluding hydrogens is 206 g/mol. The van der Waals surface area contributed by atoms with Gasteiger partial charge in [-0.2, -0.15) is 5.10 Å². The van der Waals surface area contributed by atoms with Crippen molar-refractivity contribution in [1.82, 2.24) is 20.2 Å². The summed E-state index contributed by atoms with van der Waals surface area (Å²) in [7, 11) is 0. The van der Waals surface area contributed by atoms with E-state index >= 15 is 0 Å². The Morgan fingerprint density at radius 3 is 2.88 bits per heavy atom. The molecule has 0 bridgehead atoms. The summed E-state index contributed by atoms with van der Waals surface area (Å²) in [5.41, 5.74) is 2.74. The molecule has 6 heteroatoms. The Balaban J connectivity index is 2.49. The Morgan fingerprint density at radius 2 is 2.31 bits per heavy atom. The van der Waals surface area contributed by atoms with Crippen LogP contribution in [0, 0.1) is 0 Å². The third-order valence-electron chi connectivity index (χ3n) is 2.29. The van der Waals surface area contributed by atoms with E-state index in [-0.39, 0.29) is 12.1 Å². The molecule has 0 saturated heterocycles. The molecule has 0 aliphatic rings. The molecule has 1 unspecified atom stereocenters. The highest BCUT2D eigenvalue weighted by Crippen LogP contribution is 2.01. The highest BCUT2D eigenvalue weighted by Gasteiger charge is 2.12. The number of nitrogens with two attached hydrogens (primary N) is 1. The fraction of sp³-hybridized carbons (Fsp3) is 0.800. The van der Waals surface area contributed by atoms with Crippen LogP contribution >= 0.6 is 0 Å². The molecule has 0 radical (unpaired) electrons. The van der Waals surface area contributed by atoms with Crippen molar-refractivity contribution in [3.8, 4) is 0 Å². The first kappa shape index (κ1) is 13.1. The molecule has 1 atom stereocenters. The smallest absolute Gasteiger partial charge is 0.138 e. The zero-order valence-electron chi connectivity index (χ0n) is 10.2. The minimum atomic E-state index is 0.0666. The lowest BCUT2D eigenvalue weighted by molar-refractivity contribution is 0.0607. The molecule has 0 saturated carbocycles. The maximum atomic E-state index is 5.52. The molecule has 0 fully saturated rings. The summed E-state index contributed by atoms with van der Waals surface area (Å²) in [6.07, 6.45) is 2.49. The second-order valence-electron chi connectivity index (χ2n) is 3.94. The van der Waals surface area contributed by atoms with Crippen LogP contribution in [0.5, 0.6) is 0 Å². The zero-order chi connectivity index (χ0) is 12.0. The summed E-state index contributed by atoms with van der Waals surface area (Å²) in [6, 6.07) is 0.0666. The van der Waals surface area contributed by atoms with E-state index in [1.807, 2.05) is 25.5 Å². The first-order valence-corrected chi connectivity index (χ1v) is 5.61. The van der Waals surface area contributed by atoms with Crippen LogP contribution < -0.4 is 11.3 Å². The van der Waals surface area contributed by atoms with Gasteiger partial charge in [0.1, 0.15) is 12.2 Å². The molecule has 1 heterocycles. The molecule has 1 aromatic rings. The van der Waals surface area contributed by atoms with Gasteiger partial charge in [-0.1, -0.05) is 0 Å². The average Bonchev–Trinajstić information content (AvgIpc) is 2.70. The zero-order valence-corrected chi connectivity index (χ0v) is 10.2. The minimum absolute atomic E-state index is 0.0666. The number of hydrogen-bond donors (Lipinski definition) is 2. The number of nitrogens with zero attached hydrogens (tertiary/aromatic N) is 3. The Kier molecular flexibility index (Phi) is 5.37. The van der Waals surface area contributed by atoms with Crippen LogP contribution in [0.1, 0.15) is 26.6 Å². The van der Waals surface area contributed by atoms with Gasteiger partial charge in [0.05, 0.1) is 18.8 Å². The van der Waals surface area contributed by atoms with Gasteiger partial charge in [-0.25, -0.2) is 4.98 Å². The Morgan fingerprint density at radius 1 is 1.56 bits per heavy atom. The van der Waals surface area contributed by atoms with Crippen molar-refractivity contribution in [2.75, 3.05) is 6.61 Å². The van der Waals surface area contributed by atoms with E-state index in [1.54, 1.807) is 6.33 Å². The molecule has 16 heavy (non-hydrogen) atoms. The first-order valence-electron chi connectivity index (χ1n) is 5.61. The monoisotopic (exact) mass is 227 g/mol. The third kappa shape index (κ3) is 3.88. The largest absolute Gasteiger partial charge is 0.377 e. The van der Waals surface area contributed by atoms with Crippen molar-refractivity contribution < 1.29 is 4.74 Å². The molecule has 0 spiro atoms. The van der Waals surface area contributed by atoms with Gasteiger partial charge in [-0.15, -0.1) is 0 Å². The van der Waals surface area contributed by atoms with Gasteiger partial charge in [0.25, 0.3) is 0 Å². The average molecular weight is 227 g/mol. The third-order valence-corrected chi connectivity index (χ3v) is 2.29. The predicted octanol–water partition coefficient (Wildman–Crippen LogP) is 0.0974. The molecule has 0 aliphatic heterocycles. The molecule has 6 nitrogen and oxygen atoms in total. The Bertz CT molecular complexity index is 299. The Hall–Kier alpha value is -0.980. The molecular formula is C10H21N5O. The topological polar surface area (TPSA) is 78.0 Å². The number of rotatable bonds is 7. The minimum Gasteiger partial charge on any atom is -0.377 e. The van der Waals surface area contributed by atoms with Gasteiger partial charge in [-0.05, 0) is 20.8 Å².